The van der Waals surface area contributed by atoms with E-state index in [9.17, 15) is 4.79 Å². The summed E-state index contributed by atoms with van der Waals surface area (Å²) in [4.78, 5) is 15.9. The molecule has 0 bridgehead atoms. The van der Waals surface area contributed by atoms with Gasteiger partial charge in [0.2, 0.25) is 0 Å². The van der Waals surface area contributed by atoms with Gasteiger partial charge in [0.1, 0.15) is 5.69 Å². The third-order valence-corrected chi connectivity index (χ3v) is 4.56. The zero-order valence-corrected chi connectivity index (χ0v) is 17.3. The molecule has 0 saturated carbocycles. The van der Waals surface area contributed by atoms with Gasteiger partial charge in [-0.05, 0) is 42.8 Å². The Morgan fingerprint density at radius 2 is 1.80 bits per heavy atom. The SMILES string of the molecule is COc1ccc(C=Nc2c(C)n(C)n(-c3ccccc3)/c2=N/NC(N)=O)cc1OC. The molecular formula is C21H24N6O3. The van der Waals surface area contributed by atoms with E-state index in [2.05, 4.69) is 15.5 Å². The molecule has 3 aromatic rings. The number of rotatable bonds is 6. The molecule has 0 aliphatic carbocycles. The van der Waals surface area contributed by atoms with Crippen molar-refractivity contribution in [2.45, 2.75) is 6.92 Å². The molecule has 156 valence electrons. The molecule has 2 amide bonds. The molecule has 0 fully saturated rings. The fourth-order valence-corrected chi connectivity index (χ4v) is 3.00. The first kappa shape index (κ1) is 20.7. The Bertz CT molecular complexity index is 1150. The normalized spacial score (nSPS) is 11.7. The Kier molecular flexibility index (Phi) is 6.21. The summed E-state index contributed by atoms with van der Waals surface area (Å²) in [5, 5.41) is 4.20. The molecule has 0 atom stereocenters. The van der Waals surface area contributed by atoms with Crippen molar-refractivity contribution in [2.24, 2.45) is 22.9 Å². The Morgan fingerprint density at radius 1 is 1.10 bits per heavy atom. The van der Waals surface area contributed by atoms with E-state index in [1.54, 1.807) is 20.4 Å². The predicted octanol–water partition coefficient (Wildman–Crippen LogP) is 2.38. The zero-order chi connectivity index (χ0) is 21.7. The van der Waals surface area contributed by atoms with Crippen LogP contribution in [0.2, 0.25) is 0 Å². The number of ether oxygens (including phenoxy) is 2. The highest BCUT2D eigenvalue weighted by Crippen LogP contribution is 2.27. The lowest BCUT2D eigenvalue weighted by atomic mass is 10.2. The van der Waals surface area contributed by atoms with Crippen LogP contribution in [0.1, 0.15) is 11.3 Å². The van der Waals surface area contributed by atoms with Crippen LogP contribution in [0.5, 0.6) is 11.5 Å². The summed E-state index contributed by atoms with van der Waals surface area (Å²) in [6, 6.07) is 14.4. The van der Waals surface area contributed by atoms with Crippen molar-refractivity contribution in [3.8, 4) is 17.2 Å². The maximum Gasteiger partial charge on any atom is 0.332 e. The molecule has 0 unspecified atom stereocenters. The number of benzene rings is 2. The van der Waals surface area contributed by atoms with Crippen LogP contribution in [0.25, 0.3) is 5.69 Å². The van der Waals surface area contributed by atoms with E-state index in [1.807, 2.05) is 71.9 Å². The number of nitrogens with two attached hydrogens (primary N) is 1. The van der Waals surface area contributed by atoms with Gasteiger partial charge in [-0.2, -0.15) is 0 Å². The molecule has 0 aliphatic heterocycles. The van der Waals surface area contributed by atoms with E-state index in [0.29, 0.717) is 22.7 Å². The third-order valence-electron chi connectivity index (χ3n) is 4.56. The fourth-order valence-electron chi connectivity index (χ4n) is 3.00. The minimum atomic E-state index is -0.758. The van der Waals surface area contributed by atoms with Gasteiger partial charge in [-0.3, -0.25) is 9.67 Å². The van der Waals surface area contributed by atoms with E-state index >= 15 is 0 Å². The number of amides is 2. The van der Waals surface area contributed by atoms with Gasteiger partial charge in [0.25, 0.3) is 0 Å². The molecule has 3 rings (SSSR count). The van der Waals surface area contributed by atoms with Crippen LogP contribution in [0.3, 0.4) is 0 Å². The molecule has 0 radical (unpaired) electrons. The lowest BCUT2D eigenvalue weighted by Crippen LogP contribution is -2.30. The van der Waals surface area contributed by atoms with E-state index in [4.69, 9.17) is 15.2 Å². The van der Waals surface area contributed by atoms with Crippen molar-refractivity contribution >= 4 is 17.9 Å². The number of primary amides is 1. The number of methoxy groups -OCH3 is 2. The number of carbonyl (C=O) groups is 1. The number of para-hydroxylation sites is 1. The van der Waals surface area contributed by atoms with Gasteiger partial charge >= 0.3 is 6.03 Å². The number of hydrogen-bond acceptors (Lipinski definition) is 5. The quantitative estimate of drug-likeness (QED) is 0.483. The minimum absolute atomic E-state index is 0.441. The number of nitrogens with zero attached hydrogens (tertiary/aromatic N) is 4. The van der Waals surface area contributed by atoms with E-state index < -0.39 is 6.03 Å². The fraction of sp³-hybridized carbons (Fsp3) is 0.190. The van der Waals surface area contributed by atoms with E-state index in [0.717, 1.165) is 16.9 Å². The highest BCUT2D eigenvalue weighted by atomic mass is 16.5. The molecule has 1 aromatic heterocycles. The van der Waals surface area contributed by atoms with Crippen LogP contribution in [0, 0.1) is 6.92 Å². The molecule has 0 spiro atoms. The van der Waals surface area contributed by atoms with Gasteiger partial charge in [0, 0.05) is 13.3 Å². The monoisotopic (exact) mass is 408 g/mol. The first-order chi connectivity index (χ1) is 14.5. The molecule has 3 N–H and O–H groups in total. The van der Waals surface area contributed by atoms with Crippen LogP contribution < -0.4 is 26.1 Å². The summed E-state index contributed by atoms with van der Waals surface area (Å²) in [5.74, 6) is 1.24. The minimum Gasteiger partial charge on any atom is -0.493 e. The second-order valence-corrected chi connectivity index (χ2v) is 6.39. The molecule has 2 aromatic carbocycles. The maximum atomic E-state index is 11.3. The summed E-state index contributed by atoms with van der Waals surface area (Å²) in [7, 11) is 5.05. The number of carbonyl (C=O) groups excluding carboxylic acids is 1. The third kappa shape index (κ3) is 4.19. The summed E-state index contributed by atoms with van der Waals surface area (Å²) >= 11 is 0. The second kappa shape index (κ2) is 8.99. The molecule has 9 nitrogen and oxygen atoms in total. The standard InChI is InChI=1S/C21H24N6O3/c1-14-19(23-13-15-10-11-17(29-3)18(12-15)30-4)20(24-25-21(22)28)27(26(14)2)16-8-6-5-7-9-16/h5-13H,1-4H3,(H3,22,25,28)/b23-13?,24-20+. The number of hydrogen-bond donors (Lipinski definition) is 2. The number of urea groups is 1. The summed E-state index contributed by atoms with van der Waals surface area (Å²) < 4.78 is 14.4. The van der Waals surface area contributed by atoms with Gasteiger partial charge in [0.15, 0.2) is 17.0 Å². The molecule has 30 heavy (non-hydrogen) atoms. The summed E-state index contributed by atoms with van der Waals surface area (Å²) in [6.07, 6.45) is 1.70. The number of aromatic nitrogens is 2. The van der Waals surface area contributed by atoms with Crippen molar-refractivity contribution in [3.63, 3.8) is 0 Å². The first-order valence-electron chi connectivity index (χ1n) is 9.15. The molecule has 0 saturated heterocycles. The van der Waals surface area contributed by atoms with Gasteiger partial charge in [0.05, 0.1) is 25.6 Å². The van der Waals surface area contributed by atoms with Gasteiger partial charge in [-0.1, -0.05) is 18.2 Å². The molecule has 1 heterocycles. The Balaban J connectivity index is 2.14. The Labute approximate surface area is 174 Å². The summed E-state index contributed by atoms with van der Waals surface area (Å²) in [5.41, 5.74) is 11.1. The highest BCUT2D eigenvalue weighted by molar-refractivity contribution is 5.83. The van der Waals surface area contributed by atoms with Crippen LogP contribution in [-0.4, -0.2) is 35.8 Å². The highest BCUT2D eigenvalue weighted by Gasteiger charge is 2.14. The molecular weight excluding hydrogens is 384 g/mol. The lowest BCUT2D eigenvalue weighted by Gasteiger charge is -2.08. The average molecular weight is 408 g/mol. The maximum absolute atomic E-state index is 11.3. The smallest absolute Gasteiger partial charge is 0.332 e. The Hall–Kier alpha value is -4.01. The molecule has 0 aliphatic rings. The van der Waals surface area contributed by atoms with Crippen molar-refractivity contribution in [2.75, 3.05) is 14.2 Å². The number of nitrogens with one attached hydrogen (secondary N) is 1. The predicted molar refractivity (Wildman–Crippen MR) is 115 cm³/mol. The van der Waals surface area contributed by atoms with Crippen LogP contribution >= 0.6 is 0 Å². The first-order valence-corrected chi connectivity index (χ1v) is 9.15. The van der Waals surface area contributed by atoms with Crippen molar-refractivity contribution in [3.05, 3.63) is 65.3 Å². The molecule has 9 heteroatoms. The van der Waals surface area contributed by atoms with Gasteiger partial charge in [-0.25, -0.2) is 14.9 Å². The van der Waals surface area contributed by atoms with Gasteiger partial charge < -0.3 is 15.2 Å². The van der Waals surface area contributed by atoms with Crippen LogP contribution in [0.4, 0.5) is 10.5 Å². The number of aliphatic imine (C=N–C) groups is 1. The average Bonchev–Trinajstić information content (AvgIpc) is 3.00. The summed E-state index contributed by atoms with van der Waals surface area (Å²) in [6.45, 7) is 1.92. The lowest BCUT2D eigenvalue weighted by molar-refractivity contribution is 0.249. The van der Waals surface area contributed by atoms with Crippen molar-refractivity contribution < 1.29 is 14.3 Å². The zero-order valence-electron chi connectivity index (χ0n) is 17.3. The van der Waals surface area contributed by atoms with E-state index in [1.165, 1.54) is 0 Å². The topological polar surface area (TPSA) is 108 Å². The van der Waals surface area contributed by atoms with Crippen molar-refractivity contribution in [1.29, 1.82) is 0 Å². The van der Waals surface area contributed by atoms with Crippen molar-refractivity contribution in [1.82, 2.24) is 14.8 Å². The largest absolute Gasteiger partial charge is 0.493 e. The van der Waals surface area contributed by atoms with Gasteiger partial charge in [-0.15, -0.1) is 5.10 Å². The van der Waals surface area contributed by atoms with Crippen LogP contribution in [-0.2, 0) is 7.05 Å². The second-order valence-electron chi connectivity index (χ2n) is 6.39. The Morgan fingerprint density at radius 3 is 2.43 bits per heavy atom. The van der Waals surface area contributed by atoms with E-state index in [-0.39, 0.29) is 0 Å². The van der Waals surface area contributed by atoms with Crippen LogP contribution in [0.15, 0.2) is 58.6 Å².